The zero-order valence-corrected chi connectivity index (χ0v) is 13.8. The normalized spacial score (nSPS) is 16.4. The van der Waals surface area contributed by atoms with Gasteiger partial charge in [-0.15, -0.1) is 0 Å². The second-order valence-electron chi connectivity index (χ2n) is 6.25. The molecule has 4 heteroatoms. The van der Waals surface area contributed by atoms with E-state index < -0.39 is 0 Å². The minimum Gasteiger partial charge on any atom is -0.350 e. The fourth-order valence-electron chi connectivity index (χ4n) is 3.38. The Hall–Kier alpha value is -1.81. The van der Waals surface area contributed by atoms with Crippen molar-refractivity contribution in [2.45, 2.75) is 26.8 Å². The summed E-state index contributed by atoms with van der Waals surface area (Å²) in [6, 6.07) is 6.81. The van der Waals surface area contributed by atoms with Crippen molar-refractivity contribution in [1.29, 1.82) is 0 Å². The fraction of sp³-hybridized carbons (Fsp3) is 0.500. The van der Waals surface area contributed by atoms with Gasteiger partial charge in [-0.1, -0.05) is 13.0 Å². The average Bonchev–Trinajstić information content (AvgIpc) is 2.84. The highest BCUT2D eigenvalue weighted by molar-refractivity contribution is 5.84. The van der Waals surface area contributed by atoms with Crippen LogP contribution in [0.1, 0.15) is 25.0 Å². The number of aromatic nitrogens is 1. The number of nitrogens with zero attached hydrogens (tertiary/aromatic N) is 3. The highest BCUT2D eigenvalue weighted by atomic mass is 16.2. The van der Waals surface area contributed by atoms with E-state index in [1.807, 2.05) is 4.90 Å². The molecule has 3 rings (SSSR count). The van der Waals surface area contributed by atoms with Crippen LogP contribution in [0.4, 0.5) is 0 Å². The third-order valence-corrected chi connectivity index (χ3v) is 4.74. The molecular formula is C18H25N3O. The van der Waals surface area contributed by atoms with E-state index in [4.69, 9.17) is 0 Å². The number of hydrogen-bond donors (Lipinski definition) is 0. The number of carbonyl (C=O) groups excluding carboxylic acids is 1. The van der Waals surface area contributed by atoms with Crippen molar-refractivity contribution in [3.8, 4) is 0 Å². The minimum atomic E-state index is 0.193. The lowest BCUT2D eigenvalue weighted by Gasteiger charge is -2.34. The first-order chi connectivity index (χ1) is 10.6. The second kappa shape index (κ2) is 6.13. The number of amides is 1. The van der Waals surface area contributed by atoms with Gasteiger partial charge >= 0.3 is 0 Å². The van der Waals surface area contributed by atoms with Crippen molar-refractivity contribution in [3.05, 3.63) is 35.5 Å². The summed E-state index contributed by atoms with van der Waals surface area (Å²) in [5.41, 5.74) is 4.09. The zero-order valence-electron chi connectivity index (χ0n) is 13.8. The summed E-state index contributed by atoms with van der Waals surface area (Å²) < 4.78 is 2.21. The van der Waals surface area contributed by atoms with E-state index in [9.17, 15) is 4.79 Å². The number of aryl methyl sites for hydroxylation is 2. The molecule has 118 valence electrons. The Labute approximate surface area is 132 Å². The monoisotopic (exact) mass is 299 g/mol. The Kier molecular flexibility index (Phi) is 4.21. The maximum absolute atomic E-state index is 11.4. The lowest BCUT2D eigenvalue weighted by Crippen LogP contribution is -2.47. The van der Waals surface area contributed by atoms with Crippen LogP contribution in [0.25, 0.3) is 10.9 Å². The Bertz CT molecular complexity index is 681. The van der Waals surface area contributed by atoms with Gasteiger partial charge in [0.1, 0.15) is 0 Å². The first-order valence-electron chi connectivity index (χ1n) is 8.13. The molecule has 0 atom stereocenters. The first kappa shape index (κ1) is 15.1. The van der Waals surface area contributed by atoms with Gasteiger partial charge in [0.15, 0.2) is 0 Å². The Morgan fingerprint density at radius 3 is 2.55 bits per heavy atom. The van der Waals surface area contributed by atoms with Crippen LogP contribution in [0, 0.1) is 0 Å². The van der Waals surface area contributed by atoms with Crippen molar-refractivity contribution >= 4 is 16.8 Å². The van der Waals surface area contributed by atoms with Crippen LogP contribution >= 0.6 is 0 Å². The number of hydrogen-bond acceptors (Lipinski definition) is 2. The maximum Gasteiger partial charge on any atom is 0.219 e. The van der Waals surface area contributed by atoms with Crippen molar-refractivity contribution in [1.82, 2.24) is 14.4 Å². The van der Waals surface area contributed by atoms with Crippen molar-refractivity contribution in [3.63, 3.8) is 0 Å². The third kappa shape index (κ3) is 2.88. The summed E-state index contributed by atoms with van der Waals surface area (Å²) in [4.78, 5) is 15.8. The largest absolute Gasteiger partial charge is 0.350 e. The highest BCUT2D eigenvalue weighted by Crippen LogP contribution is 2.23. The molecule has 1 aliphatic heterocycles. The molecule has 0 N–H and O–H groups in total. The highest BCUT2D eigenvalue weighted by Gasteiger charge is 2.18. The molecule has 0 saturated carbocycles. The fourth-order valence-corrected chi connectivity index (χ4v) is 3.38. The molecule has 0 unspecified atom stereocenters. The summed E-state index contributed by atoms with van der Waals surface area (Å²) in [5.74, 6) is 0.193. The van der Waals surface area contributed by atoms with Crippen LogP contribution in [0.3, 0.4) is 0 Å². The third-order valence-electron chi connectivity index (χ3n) is 4.74. The van der Waals surface area contributed by atoms with Crippen LogP contribution in [0.2, 0.25) is 0 Å². The molecule has 2 heterocycles. The van der Waals surface area contributed by atoms with Crippen LogP contribution < -0.4 is 0 Å². The van der Waals surface area contributed by atoms with Gasteiger partial charge in [0.25, 0.3) is 0 Å². The van der Waals surface area contributed by atoms with Crippen molar-refractivity contribution < 1.29 is 4.79 Å². The Morgan fingerprint density at radius 1 is 1.18 bits per heavy atom. The van der Waals surface area contributed by atoms with E-state index in [0.29, 0.717) is 0 Å². The second-order valence-corrected chi connectivity index (χ2v) is 6.25. The molecule has 1 saturated heterocycles. The summed E-state index contributed by atoms with van der Waals surface area (Å²) in [7, 11) is 2.11. The number of fused-ring (bicyclic) bond motifs is 1. The predicted molar refractivity (Wildman–Crippen MR) is 89.8 cm³/mol. The minimum absolute atomic E-state index is 0.193. The maximum atomic E-state index is 11.4. The molecule has 2 aromatic rings. The van der Waals surface area contributed by atoms with E-state index in [-0.39, 0.29) is 5.91 Å². The van der Waals surface area contributed by atoms with Gasteiger partial charge in [0.05, 0.1) is 0 Å². The molecule has 1 fully saturated rings. The van der Waals surface area contributed by atoms with Crippen molar-refractivity contribution in [2.75, 3.05) is 26.2 Å². The van der Waals surface area contributed by atoms with Crippen LogP contribution in [0.15, 0.2) is 24.4 Å². The molecule has 1 aliphatic rings. The van der Waals surface area contributed by atoms with Gasteiger partial charge in [-0.25, -0.2) is 0 Å². The molecule has 1 aromatic carbocycles. The van der Waals surface area contributed by atoms with Gasteiger partial charge in [-0.05, 0) is 29.7 Å². The topological polar surface area (TPSA) is 28.5 Å². The standard InChI is InChI=1S/C18H25N3O/c1-4-16-13-19(3)18-6-5-15(11-17(16)18)12-20-7-9-21(10-8-20)14(2)22/h5-6,11,13H,4,7-10,12H2,1-3H3. The summed E-state index contributed by atoms with van der Waals surface area (Å²) in [6.45, 7) is 8.47. The van der Waals surface area contributed by atoms with E-state index >= 15 is 0 Å². The molecule has 4 nitrogen and oxygen atoms in total. The van der Waals surface area contributed by atoms with Gasteiger partial charge < -0.3 is 9.47 Å². The molecule has 1 aromatic heterocycles. The van der Waals surface area contributed by atoms with Gasteiger partial charge in [0, 0.05) is 63.8 Å². The Balaban J connectivity index is 1.73. The summed E-state index contributed by atoms with van der Waals surface area (Å²) >= 11 is 0. The SMILES string of the molecule is CCc1cn(C)c2ccc(CN3CCN(C(C)=O)CC3)cc12. The number of carbonyl (C=O) groups is 1. The van der Waals surface area contributed by atoms with E-state index in [2.05, 4.69) is 47.8 Å². The first-order valence-corrected chi connectivity index (χ1v) is 8.13. The molecule has 0 bridgehead atoms. The van der Waals surface area contributed by atoms with Crippen LogP contribution in [-0.4, -0.2) is 46.5 Å². The molecule has 0 radical (unpaired) electrons. The van der Waals surface area contributed by atoms with E-state index in [1.165, 1.54) is 22.0 Å². The predicted octanol–water partition coefficient (Wildman–Crippen LogP) is 2.40. The molecule has 22 heavy (non-hydrogen) atoms. The smallest absolute Gasteiger partial charge is 0.219 e. The molecule has 0 spiro atoms. The number of benzene rings is 1. The van der Waals surface area contributed by atoms with Gasteiger partial charge in [-0.2, -0.15) is 0 Å². The summed E-state index contributed by atoms with van der Waals surface area (Å²) in [6.07, 6.45) is 3.30. The lowest BCUT2D eigenvalue weighted by atomic mass is 10.1. The number of piperazine rings is 1. The van der Waals surface area contributed by atoms with Gasteiger partial charge in [-0.3, -0.25) is 9.69 Å². The average molecular weight is 299 g/mol. The molecule has 1 amide bonds. The zero-order chi connectivity index (χ0) is 15.7. The van der Waals surface area contributed by atoms with Gasteiger partial charge in [0.2, 0.25) is 5.91 Å². The van der Waals surface area contributed by atoms with E-state index in [0.717, 1.165) is 39.1 Å². The molecular weight excluding hydrogens is 274 g/mol. The number of rotatable bonds is 3. The van der Waals surface area contributed by atoms with Crippen LogP contribution in [0.5, 0.6) is 0 Å². The lowest BCUT2D eigenvalue weighted by molar-refractivity contribution is -0.130. The van der Waals surface area contributed by atoms with Crippen molar-refractivity contribution in [2.24, 2.45) is 7.05 Å². The summed E-state index contributed by atoms with van der Waals surface area (Å²) in [5, 5.41) is 1.38. The van der Waals surface area contributed by atoms with E-state index in [1.54, 1.807) is 6.92 Å². The molecule has 0 aliphatic carbocycles. The quantitative estimate of drug-likeness (QED) is 0.871. The van der Waals surface area contributed by atoms with Crippen LogP contribution in [-0.2, 0) is 24.8 Å². The Morgan fingerprint density at radius 2 is 1.91 bits per heavy atom.